The van der Waals surface area contributed by atoms with Crippen molar-refractivity contribution in [3.63, 3.8) is 0 Å². The fourth-order valence-electron chi connectivity index (χ4n) is 5.41. The van der Waals surface area contributed by atoms with Crippen molar-refractivity contribution in [2.24, 2.45) is 0 Å². The summed E-state index contributed by atoms with van der Waals surface area (Å²) in [5.41, 5.74) is 4.05. The summed E-state index contributed by atoms with van der Waals surface area (Å²) in [5.74, 6) is 1.23. The van der Waals surface area contributed by atoms with E-state index in [2.05, 4.69) is 16.8 Å². The molecule has 1 aliphatic carbocycles. The molecule has 0 atom stereocenters. The molecule has 7 heteroatoms. The molecule has 2 fully saturated rings. The Bertz CT molecular complexity index is 1110. The Morgan fingerprint density at radius 1 is 1.00 bits per heavy atom. The Morgan fingerprint density at radius 3 is 2.41 bits per heavy atom. The van der Waals surface area contributed by atoms with Crippen LogP contribution in [0.1, 0.15) is 49.3 Å². The average molecular weight is 462 g/mol. The van der Waals surface area contributed by atoms with Crippen molar-refractivity contribution in [2.45, 2.75) is 51.5 Å². The molecule has 0 spiro atoms. The monoisotopic (exact) mass is 461 g/mol. The molecule has 34 heavy (non-hydrogen) atoms. The van der Waals surface area contributed by atoms with Crippen LogP contribution >= 0.6 is 0 Å². The van der Waals surface area contributed by atoms with Gasteiger partial charge >= 0.3 is 0 Å². The van der Waals surface area contributed by atoms with E-state index in [1.165, 1.54) is 37.1 Å². The van der Waals surface area contributed by atoms with Crippen molar-refractivity contribution in [1.82, 2.24) is 19.7 Å². The molecule has 1 saturated carbocycles. The van der Waals surface area contributed by atoms with Gasteiger partial charge in [0.15, 0.2) is 0 Å². The standard InChI is InChI=1S/C27H32FN5O/c1-20-26(21-10-12-23(28)13-11-21)30-33(27(20)22-7-3-2-4-8-22)19-25(34)32-17-15-31(16-18-32)24-9-5-6-14-29-24/h5-6,9-14,22H,2-4,7-8,15-19H2,1H3. The molecule has 0 radical (unpaired) electrons. The van der Waals surface area contributed by atoms with Crippen LogP contribution in [-0.2, 0) is 11.3 Å². The van der Waals surface area contributed by atoms with Gasteiger partial charge in [0.25, 0.3) is 0 Å². The first-order valence-corrected chi connectivity index (χ1v) is 12.4. The fraction of sp³-hybridized carbons (Fsp3) is 0.444. The van der Waals surface area contributed by atoms with Crippen LogP contribution in [0.2, 0.25) is 0 Å². The zero-order valence-electron chi connectivity index (χ0n) is 19.8. The van der Waals surface area contributed by atoms with Crippen LogP contribution in [0.4, 0.5) is 10.2 Å². The SMILES string of the molecule is Cc1c(-c2ccc(F)cc2)nn(CC(=O)N2CCN(c3ccccn3)CC2)c1C1CCCCC1. The number of carbonyl (C=O) groups excluding carboxylic acids is 1. The second kappa shape index (κ2) is 9.95. The molecule has 1 aliphatic heterocycles. The lowest BCUT2D eigenvalue weighted by atomic mass is 9.85. The van der Waals surface area contributed by atoms with E-state index in [-0.39, 0.29) is 18.3 Å². The smallest absolute Gasteiger partial charge is 0.244 e. The number of nitrogens with zero attached hydrogens (tertiary/aromatic N) is 5. The second-order valence-corrected chi connectivity index (χ2v) is 9.41. The summed E-state index contributed by atoms with van der Waals surface area (Å²) in [6.45, 7) is 5.26. The van der Waals surface area contributed by atoms with Gasteiger partial charge in [-0.15, -0.1) is 0 Å². The summed E-state index contributed by atoms with van der Waals surface area (Å²) in [5, 5.41) is 4.91. The lowest BCUT2D eigenvalue weighted by Crippen LogP contribution is -2.50. The number of amides is 1. The summed E-state index contributed by atoms with van der Waals surface area (Å²) in [7, 11) is 0. The molecule has 5 rings (SSSR count). The van der Waals surface area contributed by atoms with Crippen LogP contribution in [0, 0.1) is 12.7 Å². The van der Waals surface area contributed by atoms with Crippen LogP contribution in [0.15, 0.2) is 48.7 Å². The Hall–Kier alpha value is -3.22. The van der Waals surface area contributed by atoms with E-state index < -0.39 is 0 Å². The number of hydrogen-bond donors (Lipinski definition) is 0. The van der Waals surface area contributed by atoms with Gasteiger partial charge in [0.2, 0.25) is 5.91 Å². The molecule has 6 nitrogen and oxygen atoms in total. The molecule has 0 unspecified atom stereocenters. The van der Waals surface area contributed by atoms with Crippen molar-refractivity contribution < 1.29 is 9.18 Å². The van der Waals surface area contributed by atoms with Gasteiger partial charge < -0.3 is 9.80 Å². The largest absolute Gasteiger partial charge is 0.353 e. The van der Waals surface area contributed by atoms with Gasteiger partial charge in [0, 0.05) is 49.6 Å². The highest BCUT2D eigenvalue weighted by Gasteiger charge is 2.28. The molecule has 1 aromatic carbocycles. The van der Waals surface area contributed by atoms with Crippen LogP contribution < -0.4 is 4.90 Å². The van der Waals surface area contributed by atoms with E-state index >= 15 is 0 Å². The third kappa shape index (κ3) is 4.69. The lowest BCUT2D eigenvalue weighted by molar-refractivity contribution is -0.132. The normalized spacial score (nSPS) is 17.2. The van der Waals surface area contributed by atoms with Crippen LogP contribution in [-0.4, -0.2) is 51.8 Å². The molecule has 0 N–H and O–H groups in total. The first-order valence-electron chi connectivity index (χ1n) is 12.4. The maximum atomic E-state index is 13.5. The first kappa shape index (κ1) is 22.6. The van der Waals surface area contributed by atoms with Gasteiger partial charge in [0.05, 0.1) is 5.69 Å². The topological polar surface area (TPSA) is 54.3 Å². The van der Waals surface area contributed by atoms with Crippen LogP contribution in [0.25, 0.3) is 11.3 Å². The van der Waals surface area contributed by atoms with Gasteiger partial charge in [-0.2, -0.15) is 5.10 Å². The van der Waals surface area contributed by atoms with E-state index in [1.54, 1.807) is 18.3 Å². The maximum Gasteiger partial charge on any atom is 0.244 e. The van der Waals surface area contributed by atoms with Crippen molar-refractivity contribution >= 4 is 11.7 Å². The highest BCUT2D eigenvalue weighted by molar-refractivity contribution is 5.77. The minimum Gasteiger partial charge on any atom is -0.353 e. The Kier molecular flexibility index (Phi) is 6.61. The lowest BCUT2D eigenvalue weighted by Gasteiger charge is -2.35. The molecular weight excluding hydrogens is 429 g/mol. The Morgan fingerprint density at radius 2 is 1.74 bits per heavy atom. The number of carbonyl (C=O) groups is 1. The second-order valence-electron chi connectivity index (χ2n) is 9.41. The van der Waals surface area contributed by atoms with Gasteiger partial charge in [-0.05, 0) is 61.7 Å². The van der Waals surface area contributed by atoms with E-state index in [0.29, 0.717) is 19.0 Å². The molecule has 1 saturated heterocycles. The first-order chi connectivity index (χ1) is 16.6. The molecule has 2 aromatic heterocycles. The Labute approximate surface area is 200 Å². The molecule has 0 bridgehead atoms. The third-order valence-electron chi connectivity index (χ3n) is 7.24. The quantitative estimate of drug-likeness (QED) is 0.548. The molecule has 3 heterocycles. The minimum atomic E-state index is -0.256. The molecule has 2 aliphatic rings. The fourth-order valence-corrected chi connectivity index (χ4v) is 5.41. The number of hydrogen-bond acceptors (Lipinski definition) is 4. The van der Waals surface area contributed by atoms with Crippen molar-refractivity contribution in [1.29, 1.82) is 0 Å². The number of piperazine rings is 1. The average Bonchev–Trinajstić information content (AvgIpc) is 3.21. The molecule has 1 amide bonds. The van der Waals surface area contributed by atoms with Crippen molar-refractivity contribution in [2.75, 3.05) is 31.1 Å². The van der Waals surface area contributed by atoms with Crippen molar-refractivity contribution in [3.05, 3.63) is 65.7 Å². The van der Waals surface area contributed by atoms with Gasteiger partial charge in [-0.1, -0.05) is 25.3 Å². The van der Waals surface area contributed by atoms with Crippen LogP contribution in [0.3, 0.4) is 0 Å². The molecular formula is C27H32FN5O. The summed E-state index contributed by atoms with van der Waals surface area (Å²) in [4.78, 5) is 21.9. The van der Waals surface area contributed by atoms with Gasteiger partial charge in [-0.25, -0.2) is 9.37 Å². The highest BCUT2D eigenvalue weighted by atomic mass is 19.1. The van der Waals surface area contributed by atoms with E-state index in [1.807, 2.05) is 27.8 Å². The summed E-state index contributed by atoms with van der Waals surface area (Å²) >= 11 is 0. The number of rotatable bonds is 5. The third-order valence-corrected chi connectivity index (χ3v) is 7.24. The van der Waals surface area contributed by atoms with Crippen LogP contribution in [0.5, 0.6) is 0 Å². The summed E-state index contributed by atoms with van der Waals surface area (Å²) < 4.78 is 15.5. The number of halogens is 1. The summed E-state index contributed by atoms with van der Waals surface area (Å²) in [6, 6.07) is 12.4. The van der Waals surface area contributed by atoms with E-state index in [4.69, 9.17) is 5.10 Å². The summed E-state index contributed by atoms with van der Waals surface area (Å²) in [6.07, 6.45) is 7.76. The van der Waals surface area contributed by atoms with E-state index in [9.17, 15) is 9.18 Å². The van der Waals surface area contributed by atoms with Gasteiger partial charge in [0.1, 0.15) is 18.2 Å². The molecule has 3 aromatic rings. The predicted octanol–water partition coefficient (Wildman–Crippen LogP) is 4.79. The van der Waals surface area contributed by atoms with Crippen molar-refractivity contribution in [3.8, 4) is 11.3 Å². The highest BCUT2D eigenvalue weighted by Crippen LogP contribution is 2.37. The zero-order chi connectivity index (χ0) is 23.5. The number of aromatic nitrogens is 3. The molecule has 178 valence electrons. The maximum absolute atomic E-state index is 13.5. The van der Waals surface area contributed by atoms with Gasteiger partial charge in [-0.3, -0.25) is 9.48 Å². The number of pyridine rings is 1. The van der Waals surface area contributed by atoms with E-state index in [0.717, 1.165) is 48.6 Å². The number of benzene rings is 1. The zero-order valence-corrected chi connectivity index (χ0v) is 19.8. The Balaban J connectivity index is 1.35. The number of anilines is 1. The predicted molar refractivity (Wildman–Crippen MR) is 131 cm³/mol. The minimum absolute atomic E-state index is 0.103.